The zero-order valence-corrected chi connectivity index (χ0v) is 5.90. The molecule has 5 heteroatoms. The van der Waals surface area contributed by atoms with Gasteiger partial charge in [0.15, 0.2) is 5.58 Å². The number of hydrogen-bond donors (Lipinski definition) is 1. The van der Waals surface area contributed by atoms with Gasteiger partial charge in [0.2, 0.25) is 0 Å². The molecule has 0 saturated heterocycles. The largest absolute Gasteiger partial charge is 0.422 e. The average Bonchev–Trinajstić information content (AvgIpc) is 2.46. The van der Waals surface area contributed by atoms with Gasteiger partial charge in [-0.05, 0) is 0 Å². The molecule has 2 rings (SSSR count). The van der Waals surface area contributed by atoms with E-state index in [-0.39, 0.29) is 0 Å². The van der Waals surface area contributed by atoms with E-state index < -0.39 is 0 Å². The van der Waals surface area contributed by atoms with Gasteiger partial charge in [-0.25, -0.2) is 0 Å². The lowest BCUT2D eigenvalue weighted by Gasteiger charge is -1.84. The van der Waals surface area contributed by atoms with Crippen molar-refractivity contribution in [3.8, 4) is 0 Å². The second-order valence-electron chi connectivity index (χ2n) is 2.01. The van der Waals surface area contributed by atoms with E-state index in [0.717, 1.165) is 0 Å². The van der Waals surface area contributed by atoms with Crippen molar-refractivity contribution in [2.45, 2.75) is 0 Å². The highest BCUT2D eigenvalue weighted by molar-refractivity contribution is 5.71. The molecule has 0 aliphatic carbocycles. The van der Waals surface area contributed by atoms with Gasteiger partial charge in [-0.1, -0.05) is 0 Å². The maximum atomic E-state index is 5.19. The van der Waals surface area contributed by atoms with Crippen LogP contribution in [0.25, 0.3) is 11.1 Å². The molecule has 11 heavy (non-hydrogen) atoms. The highest BCUT2D eigenvalue weighted by Gasteiger charge is 2.01. The smallest absolute Gasteiger partial charge is 0.295 e. The van der Waals surface area contributed by atoms with Gasteiger partial charge < -0.3 is 9.73 Å². The second-order valence-corrected chi connectivity index (χ2v) is 2.01. The number of nitrogens with one attached hydrogen (secondary N) is 1. The summed E-state index contributed by atoms with van der Waals surface area (Å²) in [5.74, 6) is 0. The van der Waals surface area contributed by atoms with Gasteiger partial charge in [0.25, 0.3) is 6.01 Å². The third kappa shape index (κ3) is 0.899. The second kappa shape index (κ2) is 2.19. The van der Waals surface area contributed by atoms with Crippen molar-refractivity contribution in [1.82, 2.24) is 15.2 Å². The van der Waals surface area contributed by atoms with Crippen LogP contribution in [0.1, 0.15) is 0 Å². The van der Waals surface area contributed by atoms with Crippen LogP contribution in [0.4, 0.5) is 6.01 Å². The van der Waals surface area contributed by atoms with E-state index in [1.54, 1.807) is 13.2 Å². The molecular weight excluding hydrogens is 144 g/mol. The van der Waals surface area contributed by atoms with Crippen molar-refractivity contribution in [3.63, 3.8) is 0 Å². The van der Waals surface area contributed by atoms with Crippen LogP contribution in [-0.2, 0) is 0 Å². The predicted molar refractivity (Wildman–Crippen MR) is 39.1 cm³/mol. The van der Waals surface area contributed by atoms with Gasteiger partial charge in [-0.2, -0.15) is 15.2 Å². The maximum Gasteiger partial charge on any atom is 0.295 e. The summed E-state index contributed by atoms with van der Waals surface area (Å²) in [6.45, 7) is 0. The molecule has 2 aromatic heterocycles. The van der Waals surface area contributed by atoms with Crippen molar-refractivity contribution in [3.05, 3.63) is 12.4 Å². The molecule has 2 aromatic rings. The normalized spacial score (nSPS) is 10.3. The number of fused-ring (bicyclic) bond motifs is 1. The molecule has 0 radical (unpaired) electrons. The van der Waals surface area contributed by atoms with Gasteiger partial charge in [0.1, 0.15) is 5.52 Å². The van der Waals surface area contributed by atoms with Crippen LogP contribution in [-0.4, -0.2) is 22.2 Å². The van der Waals surface area contributed by atoms with Gasteiger partial charge in [-0.3, -0.25) is 0 Å². The lowest BCUT2D eigenvalue weighted by atomic mass is 10.5. The third-order valence-electron chi connectivity index (χ3n) is 1.32. The molecule has 0 aliphatic rings. The molecule has 0 amide bonds. The summed E-state index contributed by atoms with van der Waals surface area (Å²) in [6, 6.07) is 0.481. The van der Waals surface area contributed by atoms with E-state index in [9.17, 15) is 0 Å². The van der Waals surface area contributed by atoms with Gasteiger partial charge >= 0.3 is 0 Å². The Morgan fingerprint density at radius 3 is 2.91 bits per heavy atom. The van der Waals surface area contributed by atoms with E-state index >= 15 is 0 Å². The zero-order valence-electron chi connectivity index (χ0n) is 5.90. The fourth-order valence-corrected chi connectivity index (χ4v) is 0.809. The minimum atomic E-state index is 0.481. The summed E-state index contributed by atoms with van der Waals surface area (Å²) in [5.41, 5.74) is 1.36. The molecule has 0 unspecified atom stereocenters. The summed E-state index contributed by atoms with van der Waals surface area (Å²) < 4.78 is 5.19. The Kier molecular flexibility index (Phi) is 1.21. The number of nitrogens with zero attached hydrogens (tertiary/aromatic N) is 3. The first kappa shape index (κ1) is 6.09. The highest BCUT2D eigenvalue weighted by Crippen LogP contribution is 2.14. The number of oxazole rings is 1. The Morgan fingerprint density at radius 1 is 1.36 bits per heavy atom. The fourth-order valence-electron chi connectivity index (χ4n) is 0.809. The topological polar surface area (TPSA) is 63.8 Å². The Balaban J connectivity index is 2.69. The summed E-state index contributed by atoms with van der Waals surface area (Å²) in [6.07, 6.45) is 3.09. The van der Waals surface area contributed by atoms with Crippen LogP contribution < -0.4 is 5.32 Å². The molecule has 0 atom stereocenters. The highest BCUT2D eigenvalue weighted by atomic mass is 16.4. The number of hydrogen-bond acceptors (Lipinski definition) is 5. The molecule has 0 bridgehead atoms. The molecule has 0 aliphatic heterocycles. The summed E-state index contributed by atoms with van der Waals surface area (Å²) in [7, 11) is 1.74. The summed E-state index contributed by atoms with van der Waals surface area (Å²) in [4.78, 5) is 4.05. The molecule has 0 saturated carbocycles. The minimum absolute atomic E-state index is 0.481. The van der Waals surface area contributed by atoms with E-state index in [2.05, 4.69) is 20.5 Å². The van der Waals surface area contributed by atoms with Crippen molar-refractivity contribution in [2.75, 3.05) is 12.4 Å². The number of anilines is 1. The summed E-state index contributed by atoms with van der Waals surface area (Å²) in [5, 5.41) is 10.1. The third-order valence-corrected chi connectivity index (χ3v) is 1.32. The Morgan fingerprint density at radius 2 is 2.18 bits per heavy atom. The first-order chi connectivity index (χ1) is 5.40. The lowest BCUT2D eigenvalue weighted by molar-refractivity contribution is 0.618. The van der Waals surface area contributed by atoms with E-state index in [1.165, 1.54) is 6.20 Å². The van der Waals surface area contributed by atoms with Crippen molar-refractivity contribution < 1.29 is 4.42 Å². The Labute approximate surface area is 62.4 Å². The molecule has 1 N–H and O–H groups in total. The van der Waals surface area contributed by atoms with E-state index in [1.807, 2.05) is 0 Å². The molecule has 5 nitrogen and oxygen atoms in total. The van der Waals surface area contributed by atoms with Crippen molar-refractivity contribution in [2.24, 2.45) is 0 Å². The number of rotatable bonds is 1. The van der Waals surface area contributed by atoms with Crippen molar-refractivity contribution in [1.29, 1.82) is 0 Å². The van der Waals surface area contributed by atoms with Gasteiger partial charge in [0, 0.05) is 7.05 Å². The quantitative estimate of drug-likeness (QED) is 0.646. The maximum absolute atomic E-state index is 5.19. The Hall–Kier alpha value is -1.65. The first-order valence-electron chi connectivity index (χ1n) is 3.15. The van der Waals surface area contributed by atoms with E-state index in [0.29, 0.717) is 17.1 Å². The fraction of sp³-hybridized carbons (Fsp3) is 0.167. The van der Waals surface area contributed by atoms with Crippen LogP contribution in [0.3, 0.4) is 0 Å². The van der Waals surface area contributed by atoms with E-state index in [4.69, 9.17) is 4.42 Å². The lowest BCUT2D eigenvalue weighted by Crippen LogP contribution is -1.85. The molecule has 0 aromatic carbocycles. The SMILES string of the molecule is CNc1nc2cnncc2o1. The zero-order chi connectivity index (χ0) is 7.68. The molecule has 2 heterocycles. The molecular formula is C6H6N4O. The van der Waals surface area contributed by atoms with Crippen molar-refractivity contribution >= 4 is 17.1 Å². The monoisotopic (exact) mass is 150 g/mol. The summed E-state index contributed by atoms with van der Waals surface area (Å²) >= 11 is 0. The first-order valence-corrected chi connectivity index (χ1v) is 3.15. The molecule has 0 fully saturated rings. The van der Waals surface area contributed by atoms with Crippen LogP contribution >= 0.6 is 0 Å². The van der Waals surface area contributed by atoms with Gasteiger partial charge in [-0.15, -0.1) is 0 Å². The van der Waals surface area contributed by atoms with Crippen LogP contribution in [0, 0.1) is 0 Å². The standard InChI is InChI=1S/C6H6N4O/c1-7-6-10-4-2-8-9-3-5(4)11-6/h2-3H,1H3,(H,7,10). The Bertz CT molecular complexity index is 336. The molecule has 56 valence electrons. The predicted octanol–water partition coefficient (Wildman–Crippen LogP) is 0.659. The van der Waals surface area contributed by atoms with Crippen LogP contribution in [0.5, 0.6) is 0 Å². The van der Waals surface area contributed by atoms with Gasteiger partial charge in [0.05, 0.1) is 12.4 Å². The van der Waals surface area contributed by atoms with Crippen LogP contribution in [0.15, 0.2) is 16.8 Å². The van der Waals surface area contributed by atoms with Crippen LogP contribution in [0.2, 0.25) is 0 Å². The average molecular weight is 150 g/mol. The number of aromatic nitrogens is 3. The minimum Gasteiger partial charge on any atom is -0.422 e. The molecule has 0 spiro atoms.